The number of amides is 1. The number of anilines is 1. The molecule has 0 bridgehead atoms. The molecule has 1 N–H and O–H groups in total. The van der Waals surface area contributed by atoms with Crippen LogP contribution in [-0.2, 0) is 11.2 Å². The maximum atomic E-state index is 12.4. The van der Waals surface area contributed by atoms with Gasteiger partial charge in [0.1, 0.15) is 11.4 Å². The monoisotopic (exact) mass is 371 g/mol. The normalized spacial score (nSPS) is 10.8. The van der Waals surface area contributed by atoms with Crippen molar-refractivity contribution < 1.29 is 9.53 Å². The first-order chi connectivity index (χ1) is 13.6. The summed E-state index contributed by atoms with van der Waals surface area (Å²) in [5, 5.41) is 2.97. The summed E-state index contributed by atoms with van der Waals surface area (Å²) in [4.78, 5) is 17.1. The van der Waals surface area contributed by atoms with Gasteiger partial charge in [0.05, 0.1) is 19.2 Å². The Kier molecular flexibility index (Phi) is 4.81. The van der Waals surface area contributed by atoms with Crippen molar-refractivity contribution in [3.05, 3.63) is 84.2 Å². The lowest BCUT2D eigenvalue weighted by Crippen LogP contribution is -2.14. The minimum absolute atomic E-state index is 0.0621. The molecule has 2 aromatic heterocycles. The predicted octanol–water partition coefficient (Wildman–Crippen LogP) is 4.50. The van der Waals surface area contributed by atoms with Crippen molar-refractivity contribution in [2.45, 2.75) is 13.3 Å². The largest absolute Gasteiger partial charge is 0.497 e. The topological polar surface area (TPSA) is 55.6 Å². The second-order valence-electron chi connectivity index (χ2n) is 6.75. The number of nitrogens with zero attached hydrogens (tertiary/aromatic N) is 2. The summed E-state index contributed by atoms with van der Waals surface area (Å²) in [5.74, 6) is 0.715. The first kappa shape index (κ1) is 17.8. The Morgan fingerprint density at radius 1 is 1.11 bits per heavy atom. The SMILES string of the molecule is COc1ccc(CC(=O)Nc2cccc(-c3cn4ccc(C)cc4n3)c2)cc1. The van der Waals surface area contributed by atoms with Crippen LogP contribution in [0.4, 0.5) is 5.69 Å². The average Bonchev–Trinajstić information content (AvgIpc) is 3.12. The minimum atomic E-state index is -0.0621. The Balaban J connectivity index is 1.50. The number of aromatic nitrogens is 2. The van der Waals surface area contributed by atoms with Crippen molar-refractivity contribution in [1.29, 1.82) is 0 Å². The zero-order valence-corrected chi connectivity index (χ0v) is 15.8. The van der Waals surface area contributed by atoms with Crippen molar-refractivity contribution >= 4 is 17.2 Å². The highest BCUT2D eigenvalue weighted by Gasteiger charge is 2.08. The van der Waals surface area contributed by atoms with Crippen LogP contribution in [0.5, 0.6) is 5.75 Å². The third-order valence-electron chi connectivity index (χ3n) is 4.58. The molecule has 0 radical (unpaired) electrons. The summed E-state index contributed by atoms with van der Waals surface area (Å²) in [6.45, 7) is 2.05. The number of imidazole rings is 1. The summed E-state index contributed by atoms with van der Waals surface area (Å²) >= 11 is 0. The van der Waals surface area contributed by atoms with E-state index in [1.807, 2.05) is 84.4 Å². The summed E-state index contributed by atoms with van der Waals surface area (Å²) in [5.41, 5.74) is 5.60. The van der Waals surface area contributed by atoms with Crippen molar-refractivity contribution in [2.75, 3.05) is 12.4 Å². The van der Waals surface area contributed by atoms with Crippen LogP contribution in [0, 0.1) is 6.92 Å². The standard InChI is InChI=1S/C23H21N3O2/c1-16-10-11-26-15-21(25-22(26)12-16)18-4-3-5-19(14-18)24-23(27)13-17-6-8-20(28-2)9-7-17/h3-12,14-15H,13H2,1-2H3,(H,24,27). The number of hydrogen-bond acceptors (Lipinski definition) is 3. The highest BCUT2D eigenvalue weighted by atomic mass is 16.5. The first-order valence-electron chi connectivity index (χ1n) is 9.09. The lowest BCUT2D eigenvalue weighted by molar-refractivity contribution is -0.115. The molecule has 2 heterocycles. The van der Waals surface area contributed by atoms with E-state index in [0.717, 1.165) is 33.9 Å². The second-order valence-corrected chi connectivity index (χ2v) is 6.75. The van der Waals surface area contributed by atoms with E-state index in [9.17, 15) is 4.79 Å². The maximum Gasteiger partial charge on any atom is 0.228 e. The van der Waals surface area contributed by atoms with Gasteiger partial charge < -0.3 is 14.5 Å². The van der Waals surface area contributed by atoms with Gasteiger partial charge in [0, 0.05) is 23.6 Å². The van der Waals surface area contributed by atoms with E-state index in [0.29, 0.717) is 6.42 Å². The van der Waals surface area contributed by atoms with E-state index >= 15 is 0 Å². The van der Waals surface area contributed by atoms with Gasteiger partial charge in [-0.05, 0) is 54.4 Å². The number of methoxy groups -OCH3 is 1. The van der Waals surface area contributed by atoms with Gasteiger partial charge in [-0.2, -0.15) is 0 Å². The van der Waals surface area contributed by atoms with Gasteiger partial charge in [-0.25, -0.2) is 4.98 Å². The zero-order valence-electron chi connectivity index (χ0n) is 15.8. The van der Waals surface area contributed by atoms with E-state index in [4.69, 9.17) is 4.74 Å². The molecule has 0 aliphatic rings. The Morgan fingerprint density at radius 3 is 2.71 bits per heavy atom. The Bertz CT molecular complexity index is 1130. The number of fused-ring (bicyclic) bond motifs is 1. The van der Waals surface area contributed by atoms with E-state index in [2.05, 4.69) is 10.3 Å². The third-order valence-corrected chi connectivity index (χ3v) is 4.58. The molecule has 4 aromatic rings. The van der Waals surface area contributed by atoms with Gasteiger partial charge in [-0.3, -0.25) is 4.79 Å². The Morgan fingerprint density at radius 2 is 1.93 bits per heavy atom. The van der Waals surface area contributed by atoms with Crippen molar-refractivity contribution in [3.63, 3.8) is 0 Å². The lowest BCUT2D eigenvalue weighted by atomic mass is 10.1. The van der Waals surface area contributed by atoms with Crippen LogP contribution in [0.25, 0.3) is 16.9 Å². The van der Waals surface area contributed by atoms with Gasteiger partial charge in [0.15, 0.2) is 0 Å². The van der Waals surface area contributed by atoms with Gasteiger partial charge in [0.25, 0.3) is 0 Å². The molecule has 4 rings (SSSR count). The first-order valence-corrected chi connectivity index (χ1v) is 9.09. The van der Waals surface area contributed by atoms with Crippen molar-refractivity contribution in [2.24, 2.45) is 0 Å². The van der Waals surface area contributed by atoms with Gasteiger partial charge in [-0.15, -0.1) is 0 Å². The maximum absolute atomic E-state index is 12.4. The fraction of sp³-hybridized carbons (Fsp3) is 0.130. The third kappa shape index (κ3) is 3.88. The molecule has 1 amide bonds. The molecule has 0 spiro atoms. The molecule has 0 aliphatic heterocycles. The fourth-order valence-electron chi connectivity index (χ4n) is 3.11. The molecule has 140 valence electrons. The van der Waals surface area contributed by atoms with Crippen LogP contribution in [0.15, 0.2) is 73.1 Å². The smallest absolute Gasteiger partial charge is 0.228 e. The molecule has 5 heteroatoms. The van der Waals surface area contributed by atoms with Crippen LogP contribution in [0.1, 0.15) is 11.1 Å². The lowest BCUT2D eigenvalue weighted by Gasteiger charge is -2.07. The number of nitrogens with one attached hydrogen (secondary N) is 1. The van der Waals surface area contributed by atoms with Crippen LogP contribution < -0.4 is 10.1 Å². The number of carbonyl (C=O) groups excluding carboxylic acids is 1. The number of aryl methyl sites for hydroxylation is 1. The van der Waals surface area contributed by atoms with Gasteiger partial charge in [0.2, 0.25) is 5.91 Å². The molecule has 0 saturated heterocycles. The molecule has 0 saturated carbocycles. The fourth-order valence-corrected chi connectivity index (χ4v) is 3.11. The number of pyridine rings is 1. The summed E-state index contributed by atoms with van der Waals surface area (Å²) in [6.07, 6.45) is 4.30. The highest BCUT2D eigenvalue weighted by Crippen LogP contribution is 2.23. The molecule has 5 nitrogen and oxygen atoms in total. The van der Waals surface area contributed by atoms with E-state index in [1.165, 1.54) is 5.56 Å². The Hall–Kier alpha value is -3.60. The van der Waals surface area contributed by atoms with Crippen LogP contribution in [-0.4, -0.2) is 22.4 Å². The average molecular weight is 371 g/mol. The summed E-state index contributed by atoms with van der Waals surface area (Å²) in [6, 6.07) is 19.3. The van der Waals surface area contributed by atoms with Gasteiger partial charge >= 0.3 is 0 Å². The molecular formula is C23H21N3O2. The van der Waals surface area contributed by atoms with Crippen LogP contribution >= 0.6 is 0 Å². The predicted molar refractivity (Wildman–Crippen MR) is 111 cm³/mol. The molecule has 2 aromatic carbocycles. The van der Waals surface area contributed by atoms with Crippen molar-refractivity contribution in [3.8, 4) is 17.0 Å². The molecule has 0 unspecified atom stereocenters. The van der Waals surface area contributed by atoms with Crippen LogP contribution in [0.3, 0.4) is 0 Å². The quantitative estimate of drug-likeness (QED) is 0.562. The van der Waals surface area contributed by atoms with E-state index < -0.39 is 0 Å². The van der Waals surface area contributed by atoms with Crippen LogP contribution in [0.2, 0.25) is 0 Å². The second kappa shape index (κ2) is 7.56. The summed E-state index contributed by atoms with van der Waals surface area (Å²) < 4.78 is 7.14. The number of ether oxygens (including phenoxy) is 1. The highest BCUT2D eigenvalue weighted by molar-refractivity contribution is 5.92. The van der Waals surface area contributed by atoms with E-state index in [1.54, 1.807) is 7.11 Å². The molecular weight excluding hydrogens is 350 g/mol. The Labute approximate surface area is 163 Å². The van der Waals surface area contributed by atoms with E-state index in [-0.39, 0.29) is 5.91 Å². The molecule has 0 fully saturated rings. The zero-order chi connectivity index (χ0) is 19.5. The number of rotatable bonds is 5. The molecule has 28 heavy (non-hydrogen) atoms. The summed E-state index contributed by atoms with van der Waals surface area (Å²) in [7, 11) is 1.62. The van der Waals surface area contributed by atoms with Gasteiger partial charge in [-0.1, -0.05) is 24.3 Å². The molecule has 0 atom stereocenters. The number of hydrogen-bond donors (Lipinski definition) is 1. The molecule has 0 aliphatic carbocycles. The van der Waals surface area contributed by atoms with Crippen molar-refractivity contribution in [1.82, 2.24) is 9.38 Å². The number of carbonyl (C=O) groups is 1. The number of benzene rings is 2. The minimum Gasteiger partial charge on any atom is -0.497 e.